The van der Waals surface area contributed by atoms with Crippen molar-refractivity contribution in [3.63, 3.8) is 0 Å². The summed E-state index contributed by atoms with van der Waals surface area (Å²) in [6.07, 6.45) is 0.465. The molecule has 1 aliphatic rings. The molecule has 1 aromatic heterocycles. The minimum absolute atomic E-state index is 0.0136. The zero-order valence-corrected chi connectivity index (χ0v) is 24.8. The highest BCUT2D eigenvalue weighted by atomic mass is 32.1. The lowest BCUT2D eigenvalue weighted by Crippen LogP contribution is -2.57. The van der Waals surface area contributed by atoms with Gasteiger partial charge >= 0.3 is 0 Å². The maximum absolute atomic E-state index is 13.0. The third kappa shape index (κ3) is 9.08. The molecule has 5 amide bonds. The summed E-state index contributed by atoms with van der Waals surface area (Å²) in [6.45, 7) is 7.31. The second kappa shape index (κ2) is 14.7. The summed E-state index contributed by atoms with van der Waals surface area (Å²) in [5, 5.41) is 16.2. The predicted octanol–water partition coefficient (Wildman–Crippen LogP) is 0.369. The summed E-state index contributed by atoms with van der Waals surface area (Å²) in [4.78, 5) is 70.5. The number of likely N-dealkylation sites (N-methyl/N-ethyl adjacent to an activating group) is 1. The quantitative estimate of drug-likeness (QED) is 0.348. The number of aromatic nitrogens is 1. The lowest BCUT2D eigenvalue weighted by Gasteiger charge is -2.27. The van der Waals surface area contributed by atoms with E-state index >= 15 is 0 Å². The van der Waals surface area contributed by atoms with Gasteiger partial charge in [0.2, 0.25) is 23.6 Å². The molecule has 2 bridgehead atoms. The number of amides is 5. The molecule has 5 N–H and O–H groups in total. The number of hydrogen-bond acceptors (Lipinski definition) is 8. The largest absolute Gasteiger partial charge is 0.345 e. The Morgan fingerprint density at radius 2 is 1.66 bits per heavy atom. The highest BCUT2D eigenvalue weighted by Crippen LogP contribution is 2.22. The molecule has 12 nitrogen and oxygen atoms in total. The normalized spacial score (nSPS) is 24.1. The molecule has 0 unspecified atom stereocenters. The number of carbonyl (C=O) groups is 5. The van der Waals surface area contributed by atoms with Crippen molar-refractivity contribution in [1.82, 2.24) is 36.5 Å². The Labute approximate surface area is 244 Å². The zero-order chi connectivity index (χ0) is 30.1. The van der Waals surface area contributed by atoms with Crippen LogP contribution >= 0.6 is 11.3 Å². The summed E-state index contributed by atoms with van der Waals surface area (Å²) in [5.41, 5.74) is 1.11. The van der Waals surface area contributed by atoms with Gasteiger partial charge in [0, 0.05) is 25.5 Å². The molecule has 3 rings (SSSR count). The van der Waals surface area contributed by atoms with E-state index in [1.54, 1.807) is 33.2 Å². The van der Waals surface area contributed by atoms with Gasteiger partial charge in [0.25, 0.3) is 5.91 Å². The van der Waals surface area contributed by atoms with Gasteiger partial charge in [-0.15, -0.1) is 11.3 Å². The third-order valence-electron chi connectivity index (χ3n) is 6.67. The molecule has 0 radical (unpaired) electrons. The molecule has 0 aliphatic carbocycles. The van der Waals surface area contributed by atoms with E-state index in [4.69, 9.17) is 0 Å². The summed E-state index contributed by atoms with van der Waals surface area (Å²) >= 11 is 1.24. The van der Waals surface area contributed by atoms with Crippen LogP contribution in [-0.2, 0) is 25.6 Å². The minimum atomic E-state index is -0.966. The van der Waals surface area contributed by atoms with Crippen molar-refractivity contribution >= 4 is 40.9 Å². The highest BCUT2D eigenvalue weighted by molar-refractivity contribution is 7.09. The van der Waals surface area contributed by atoms with E-state index in [0.29, 0.717) is 24.5 Å². The number of thiazole rings is 1. The van der Waals surface area contributed by atoms with E-state index in [9.17, 15) is 24.0 Å². The lowest BCUT2D eigenvalue weighted by atomic mass is 10.0. The maximum Gasteiger partial charge on any atom is 0.271 e. The van der Waals surface area contributed by atoms with E-state index in [0.717, 1.165) is 5.56 Å². The first-order chi connectivity index (χ1) is 19.5. The predicted molar refractivity (Wildman–Crippen MR) is 155 cm³/mol. The molecule has 1 aliphatic heterocycles. The summed E-state index contributed by atoms with van der Waals surface area (Å²) in [6, 6.07) is 6.42. The Morgan fingerprint density at radius 1 is 0.951 bits per heavy atom. The van der Waals surface area contributed by atoms with E-state index in [1.807, 2.05) is 30.3 Å². The summed E-state index contributed by atoms with van der Waals surface area (Å²) < 4.78 is 0. The Bertz CT molecular complexity index is 1240. The van der Waals surface area contributed by atoms with Gasteiger partial charge in [-0.05, 0) is 31.7 Å². The smallest absolute Gasteiger partial charge is 0.271 e. The SMILES string of the molecule is CC(C)[C@@H]1NC(=O)[C@H](C)NC(=O)c2csc(n2)[C@H](Cc2ccccc2)NC(=O)CNCCN(C)C(=O)[C@@H](C)NC1=O. The van der Waals surface area contributed by atoms with Crippen molar-refractivity contribution < 1.29 is 24.0 Å². The Hall–Kier alpha value is -3.84. The molecule has 222 valence electrons. The van der Waals surface area contributed by atoms with E-state index in [-0.39, 0.29) is 30.0 Å². The first kappa shape index (κ1) is 31.7. The number of rotatable bonds is 3. The molecule has 4 atom stereocenters. The average Bonchev–Trinajstić information content (AvgIpc) is 3.43. The van der Waals surface area contributed by atoms with Crippen LogP contribution in [0.1, 0.15) is 54.8 Å². The summed E-state index contributed by atoms with van der Waals surface area (Å²) in [7, 11) is 1.62. The van der Waals surface area contributed by atoms with Gasteiger partial charge in [-0.25, -0.2) is 4.98 Å². The van der Waals surface area contributed by atoms with Crippen LogP contribution in [-0.4, -0.2) is 84.2 Å². The molecule has 0 spiro atoms. The highest BCUT2D eigenvalue weighted by Gasteiger charge is 2.30. The van der Waals surface area contributed by atoms with Gasteiger partial charge in [0.05, 0.1) is 12.6 Å². The van der Waals surface area contributed by atoms with Gasteiger partial charge in [-0.1, -0.05) is 44.2 Å². The van der Waals surface area contributed by atoms with Crippen LogP contribution in [0.25, 0.3) is 0 Å². The summed E-state index contributed by atoms with van der Waals surface area (Å²) in [5.74, 6) is -2.47. The monoisotopic (exact) mass is 585 g/mol. The van der Waals surface area contributed by atoms with Crippen molar-refractivity contribution in [1.29, 1.82) is 0 Å². The van der Waals surface area contributed by atoms with Crippen LogP contribution in [0.2, 0.25) is 0 Å². The number of fused-ring (bicyclic) bond motifs is 2. The molecule has 0 saturated carbocycles. The first-order valence-corrected chi connectivity index (χ1v) is 14.5. The van der Waals surface area contributed by atoms with Gasteiger partial charge in [-0.2, -0.15) is 0 Å². The fourth-order valence-electron chi connectivity index (χ4n) is 4.25. The van der Waals surface area contributed by atoms with Crippen LogP contribution in [0.3, 0.4) is 0 Å². The van der Waals surface area contributed by atoms with Crippen LogP contribution in [0.4, 0.5) is 0 Å². The average molecular weight is 586 g/mol. The molecule has 41 heavy (non-hydrogen) atoms. The fraction of sp³-hybridized carbons (Fsp3) is 0.500. The maximum atomic E-state index is 13.0. The van der Waals surface area contributed by atoms with Gasteiger partial charge < -0.3 is 31.5 Å². The first-order valence-electron chi connectivity index (χ1n) is 13.6. The van der Waals surface area contributed by atoms with Crippen LogP contribution in [0.5, 0.6) is 0 Å². The van der Waals surface area contributed by atoms with Gasteiger partial charge in [0.15, 0.2) is 0 Å². The van der Waals surface area contributed by atoms with Crippen molar-refractivity contribution in [3.05, 3.63) is 52.0 Å². The Morgan fingerprint density at radius 3 is 2.34 bits per heavy atom. The van der Waals surface area contributed by atoms with E-state index in [2.05, 4.69) is 31.6 Å². The van der Waals surface area contributed by atoms with Crippen LogP contribution in [0.15, 0.2) is 35.7 Å². The number of carbonyl (C=O) groups excluding carboxylic acids is 5. The molecule has 0 fully saturated rings. The zero-order valence-electron chi connectivity index (χ0n) is 24.0. The van der Waals surface area contributed by atoms with Crippen LogP contribution in [0, 0.1) is 5.92 Å². The third-order valence-corrected chi connectivity index (χ3v) is 7.63. The van der Waals surface area contributed by atoms with Gasteiger partial charge in [-0.3, -0.25) is 24.0 Å². The molecular weight excluding hydrogens is 546 g/mol. The van der Waals surface area contributed by atoms with Crippen molar-refractivity contribution in [2.24, 2.45) is 5.92 Å². The molecule has 2 heterocycles. The number of hydrogen-bond donors (Lipinski definition) is 5. The molecular formula is C28H39N7O5S. The standard InChI is InChI=1S/C28H39N7O5S/c1-16(2)23-26(39)31-18(4)28(40)35(5)12-11-29-14-22(36)32-20(13-19-9-7-6-8-10-19)27-33-21(15-41-27)25(38)30-17(3)24(37)34-23/h6-10,15-18,20,23,29H,11-14H2,1-5H3,(H,30,38)(H,31,39)(H,32,36)(H,34,37)/t17-,18+,20-,23-/m0/s1. The number of nitrogens with one attached hydrogen (secondary N) is 5. The topological polar surface area (TPSA) is 162 Å². The Balaban J connectivity index is 1.85. The molecule has 13 heteroatoms. The van der Waals surface area contributed by atoms with E-state index in [1.165, 1.54) is 23.2 Å². The molecule has 2 aromatic rings. The van der Waals surface area contributed by atoms with Crippen molar-refractivity contribution in [3.8, 4) is 0 Å². The number of benzene rings is 1. The Kier molecular flexibility index (Phi) is 11.4. The van der Waals surface area contributed by atoms with Crippen molar-refractivity contribution in [2.45, 2.75) is 58.3 Å². The number of nitrogens with zero attached hydrogens (tertiary/aromatic N) is 2. The molecule has 0 saturated heterocycles. The van der Waals surface area contributed by atoms with Crippen LogP contribution < -0.4 is 26.6 Å². The van der Waals surface area contributed by atoms with Crippen molar-refractivity contribution in [2.75, 3.05) is 26.7 Å². The second-order valence-electron chi connectivity index (χ2n) is 10.5. The second-order valence-corrected chi connectivity index (χ2v) is 11.4. The lowest BCUT2D eigenvalue weighted by molar-refractivity contribution is -0.136. The fourth-order valence-corrected chi connectivity index (χ4v) is 5.10. The van der Waals surface area contributed by atoms with E-state index < -0.39 is 41.9 Å². The minimum Gasteiger partial charge on any atom is -0.345 e. The van der Waals surface area contributed by atoms with Gasteiger partial charge in [0.1, 0.15) is 28.8 Å². The molecule has 1 aromatic carbocycles.